The molecule has 0 bridgehead atoms. The highest BCUT2D eigenvalue weighted by Gasteiger charge is 2.21. The van der Waals surface area contributed by atoms with Gasteiger partial charge in [-0.25, -0.2) is 4.98 Å². The van der Waals surface area contributed by atoms with E-state index in [0.717, 1.165) is 6.42 Å². The monoisotopic (exact) mass is 251 g/mol. The van der Waals surface area contributed by atoms with Gasteiger partial charge < -0.3 is 20.9 Å². The molecule has 7 nitrogen and oxygen atoms in total. The highest BCUT2D eigenvalue weighted by molar-refractivity contribution is 5.92. The van der Waals surface area contributed by atoms with E-state index in [0.29, 0.717) is 31.7 Å². The number of aromatic nitrogens is 2. The molecule has 7 heteroatoms. The fourth-order valence-electron chi connectivity index (χ4n) is 1.89. The molecular formula is C11H17N5O2. The van der Waals surface area contributed by atoms with Crippen LogP contribution in [0.25, 0.3) is 0 Å². The van der Waals surface area contributed by atoms with Crippen LogP contribution in [0, 0.1) is 0 Å². The lowest BCUT2D eigenvalue weighted by atomic mass is 10.2. The maximum atomic E-state index is 11.8. The summed E-state index contributed by atoms with van der Waals surface area (Å²) in [4.78, 5) is 26.8. The molecule has 0 spiro atoms. The lowest BCUT2D eigenvalue weighted by molar-refractivity contribution is -0.119. The number of nitrogens with one attached hydrogen (secondary N) is 2. The Kier molecular flexibility index (Phi) is 3.93. The standard InChI is InChI=1S/C11H17N5O2/c12-3-4-16-6-9(14-7-16)11(18)13-5-8-1-2-10(17)15-8/h6-8H,1-5,12H2,(H,13,18)(H,15,17). The summed E-state index contributed by atoms with van der Waals surface area (Å²) in [6.45, 7) is 1.58. The molecule has 1 aromatic heterocycles. The summed E-state index contributed by atoms with van der Waals surface area (Å²) >= 11 is 0. The topological polar surface area (TPSA) is 102 Å². The molecule has 0 aromatic carbocycles. The number of nitrogens with two attached hydrogens (primary N) is 1. The van der Waals surface area contributed by atoms with E-state index >= 15 is 0 Å². The molecule has 4 N–H and O–H groups in total. The Morgan fingerprint density at radius 2 is 2.50 bits per heavy atom. The SMILES string of the molecule is NCCn1cnc(C(=O)NCC2CCC(=O)N2)c1. The maximum absolute atomic E-state index is 11.8. The normalized spacial score (nSPS) is 18.7. The molecular weight excluding hydrogens is 234 g/mol. The summed E-state index contributed by atoms with van der Waals surface area (Å²) in [6, 6.07) is 0.0348. The Morgan fingerprint density at radius 3 is 3.17 bits per heavy atom. The van der Waals surface area contributed by atoms with Crippen LogP contribution in [0.5, 0.6) is 0 Å². The van der Waals surface area contributed by atoms with Gasteiger partial charge in [0.15, 0.2) is 0 Å². The van der Waals surface area contributed by atoms with Crippen LogP contribution in [0.3, 0.4) is 0 Å². The Hall–Kier alpha value is -1.89. The Labute approximate surface area is 105 Å². The van der Waals surface area contributed by atoms with Gasteiger partial charge in [0.25, 0.3) is 5.91 Å². The van der Waals surface area contributed by atoms with Gasteiger partial charge >= 0.3 is 0 Å². The fraction of sp³-hybridized carbons (Fsp3) is 0.545. The smallest absolute Gasteiger partial charge is 0.271 e. The fourth-order valence-corrected chi connectivity index (χ4v) is 1.89. The first-order chi connectivity index (χ1) is 8.69. The molecule has 98 valence electrons. The van der Waals surface area contributed by atoms with Crippen molar-refractivity contribution in [3.05, 3.63) is 18.2 Å². The van der Waals surface area contributed by atoms with Gasteiger partial charge in [-0.15, -0.1) is 0 Å². The average molecular weight is 251 g/mol. The highest BCUT2D eigenvalue weighted by atomic mass is 16.2. The third-order valence-corrected chi connectivity index (χ3v) is 2.85. The van der Waals surface area contributed by atoms with Crippen LogP contribution in [0.15, 0.2) is 12.5 Å². The van der Waals surface area contributed by atoms with E-state index < -0.39 is 0 Å². The van der Waals surface area contributed by atoms with Gasteiger partial charge in [-0.1, -0.05) is 0 Å². The summed E-state index contributed by atoms with van der Waals surface area (Å²) in [7, 11) is 0. The van der Waals surface area contributed by atoms with E-state index in [2.05, 4.69) is 15.6 Å². The minimum Gasteiger partial charge on any atom is -0.352 e. The predicted octanol–water partition coefficient (Wildman–Crippen LogP) is -1.15. The molecule has 0 aliphatic carbocycles. The molecule has 1 aliphatic rings. The second-order valence-corrected chi connectivity index (χ2v) is 4.30. The zero-order valence-corrected chi connectivity index (χ0v) is 10.1. The molecule has 0 saturated carbocycles. The molecule has 1 saturated heterocycles. The van der Waals surface area contributed by atoms with Gasteiger partial charge in [0, 0.05) is 38.3 Å². The van der Waals surface area contributed by atoms with Gasteiger partial charge in [0.2, 0.25) is 5.91 Å². The molecule has 1 atom stereocenters. The Balaban J connectivity index is 1.81. The minimum absolute atomic E-state index is 0.0348. The van der Waals surface area contributed by atoms with Crippen LogP contribution in [0.2, 0.25) is 0 Å². The first-order valence-corrected chi connectivity index (χ1v) is 5.98. The molecule has 1 aromatic rings. The van der Waals surface area contributed by atoms with Crippen LogP contribution in [0.1, 0.15) is 23.3 Å². The second kappa shape index (κ2) is 5.63. The van der Waals surface area contributed by atoms with Crippen molar-refractivity contribution < 1.29 is 9.59 Å². The van der Waals surface area contributed by atoms with Crippen molar-refractivity contribution >= 4 is 11.8 Å². The van der Waals surface area contributed by atoms with Gasteiger partial charge in [-0.05, 0) is 6.42 Å². The van der Waals surface area contributed by atoms with Gasteiger partial charge in [-0.2, -0.15) is 0 Å². The van der Waals surface area contributed by atoms with E-state index in [1.54, 1.807) is 17.1 Å². The number of rotatable bonds is 5. The molecule has 1 fully saturated rings. The first-order valence-electron chi connectivity index (χ1n) is 5.98. The number of carbonyl (C=O) groups excluding carboxylic acids is 2. The van der Waals surface area contributed by atoms with Crippen molar-refractivity contribution in [3.8, 4) is 0 Å². The summed E-state index contributed by atoms with van der Waals surface area (Å²) in [5, 5.41) is 5.55. The Bertz CT molecular complexity index is 442. The number of imidazole rings is 1. The molecule has 1 unspecified atom stereocenters. The van der Waals surface area contributed by atoms with E-state index in [-0.39, 0.29) is 17.9 Å². The zero-order chi connectivity index (χ0) is 13.0. The van der Waals surface area contributed by atoms with Crippen LogP contribution >= 0.6 is 0 Å². The third-order valence-electron chi connectivity index (χ3n) is 2.85. The molecule has 1 aliphatic heterocycles. The van der Waals surface area contributed by atoms with E-state index in [4.69, 9.17) is 5.73 Å². The molecule has 2 heterocycles. The van der Waals surface area contributed by atoms with Crippen molar-refractivity contribution in [2.24, 2.45) is 5.73 Å². The van der Waals surface area contributed by atoms with Crippen molar-refractivity contribution in [2.75, 3.05) is 13.1 Å². The third kappa shape index (κ3) is 3.07. The Morgan fingerprint density at radius 1 is 1.67 bits per heavy atom. The van der Waals surface area contributed by atoms with Gasteiger partial charge in [-0.3, -0.25) is 9.59 Å². The van der Waals surface area contributed by atoms with E-state index in [1.807, 2.05) is 0 Å². The number of amides is 2. The minimum atomic E-state index is -0.230. The van der Waals surface area contributed by atoms with E-state index in [9.17, 15) is 9.59 Å². The largest absolute Gasteiger partial charge is 0.352 e. The number of hydrogen-bond acceptors (Lipinski definition) is 4. The van der Waals surface area contributed by atoms with Crippen molar-refractivity contribution in [3.63, 3.8) is 0 Å². The summed E-state index contributed by atoms with van der Waals surface area (Å²) < 4.78 is 1.77. The van der Waals surface area contributed by atoms with Crippen molar-refractivity contribution in [1.82, 2.24) is 20.2 Å². The van der Waals surface area contributed by atoms with Crippen LogP contribution in [-0.2, 0) is 11.3 Å². The molecule has 2 amide bonds. The highest BCUT2D eigenvalue weighted by Crippen LogP contribution is 2.05. The quantitative estimate of drug-likeness (QED) is 0.615. The number of carbonyl (C=O) groups is 2. The predicted molar refractivity (Wildman–Crippen MR) is 64.8 cm³/mol. The number of nitrogens with zero attached hydrogens (tertiary/aromatic N) is 2. The molecule has 2 rings (SSSR count). The first kappa shape index (κ1) is 12.6. The summed E-state index contributed by atoms with van der Waals surface area (Å²) in [5.41, 5.74) is 5.78. The molecule has 18 heavy (non-hydrogen) atoms. The van der Waals surface area contributed by atoms with Gasteiger partial charge in [0.1, 0.15) is 5.69 Å². The summed E-state index contributed by atoms with van der Waals surface area (Å²) in [6.07, 6.45) is 4.54. The van der Waals surface area contributed by atoms with Crippen molar-refractivity contribution in [2.45, 2.75) is 25.4 Å². The number of hydrogen-bond donors (Lipinski definition) is 3. The average Bonchev–Trinajstić information content (AvgIpc) is 2.96. The van der Waals surface area contributed by atoms with Crippen molar-refractivity contribution in [1.29, 1.82) is 0 Å². The van der Waals surface area contributed by atoms with E-state index in [1.165, 1.54) is 0 Å². The summed E-state index contributed by atoms with van der Waals surface area (Å²) in [5.74, 6) is -0.187. The zero-order valence-electron chi connectivity index (χ0n) is 10.1. The lowest BCUT2D eigenvalue weighted by Crippen LogP contribution is -2.38. The molecule has 0 radical (unpaired) electrons. The van der Waals surface area contributed by atoms with Crippen LogP contribution in [0.4, 0.5) is 0 Å². The van der Waals surface area contributed by atoms with Crippen LogP contribution < -0.4 is 16.4 Å². The van der Waals surface area contributed by atoms with Crippen LogP contribution in [-0.4, -0.2) is 40.5 Å². The second-order valence-electron chi connectivity index (χ2n) is 4.30. The lowest BCUT2D eigenvalue weighted by Gasteiger charge is -2.10. The van der Waals surface area contributed by atoms with Gasteiger partial charge in [0.05, 0.1) is 6.33 Å². The maximum Gasteiger partial charge on any atom is 0.271 e.